The summed E-state index contributed by atoms with van der Waals surface area (Å²) < 4.78 is 0. The fraction of sp³-hybridized carbons (Fsp3) is 0.900. The van der Waals surface area contributed by atoms with Crippen molar-refractivity contribution in [1.29, 1.82) is 0 Å². The molecule has 0 aromatic carbocycles. The first-order valence-corrected chi connectivity index (χ1v) is 9.82. The van der Waals surface area contributed by atoms with Crippen molar-refractivity contribution in [3.8, 4) is 0 Å². The summed E-state index contributed by atoms with van der Waals surface area (Å²) in [5.41, 5.74) is 5.68. The molecule has 0 aromatic heterocycles. The normalized spacial score (nSPS) is 13.0. The Kier molecular flexibility index (Phi) is 18.4. The zero-order valence-electron chi connectivity index (χ0n) is 15.1. The van der Waals surface area contributed by atoms with Crippen molar-refractivity contribution in [1.82, 2.24) is 0 Å². The Balaban J connectivity index is 3.08. The minimum Gasteiger partial charge on any atom is -0.395 e. The number of aliphatic hydroxyl groups is 1. The molecule has 0 aliphatic rings. The summed E-state index contributed by atoms with van der Waals surface area (Å²) in [6.07, 6.45) is 24.4. The smallest absolute Gasteiger partial charge is 0.0582 e. The molecule has 2 heteroatoms. The van der Waals surface area contributed by atoms with Gasteiger partial charge in [-0.05, 0) is 32.1 Å². The Hall–Kier alpha value is -0.340. The van der Waals surface area contributed by atoms with E-state index in [-0.39, 0.29) is 12.6 Å². The van der Waals surface area contributed by atoms with Crippen LogP contribution >= 0.6 is 0 Å². The van der Waals surface area contributed by atoms with E-state index in [1.165, 1.54) is 89.9 Å². The fourth-order valence-electron chi connectivity index (χ4n) is 2.75. The number of hydrogen-bond donors (Lipinski definition) is 2. The molecule has 0 aliphatic carbocycles. The zero-order valence-corrected chi connectivity index (χ0v) is 15.1. The second kappa shape index (κ2) is 18.7. The van der Waals surface area contributed by atoms with Crippen molar-refractivity contribution in [3.05, 3.63) is 12.2 Å². The standard InChI is InChI=1S/C20H41NO/c1-2-3-4-5-6-7-8-9-10-11-12-13-14-15-16-17-18-20(21)19-22/h9-10,20,22H,2-8,11-19,21H2,1H3/b10-9-. The summed E-state index contributed by atoms with van der Waals surface area (Å²) in [5, 5.41) is 8.83. The van der Waals surface area contributed by atoms with Crippen molar-refractivity contribution >= 4 is 0 Å². The second-order valence-electron chi connectivity index (χ2n) is 6.67. The lowest BCUT2D eigenvalue weighted by Crippen LogP contribution is -2.23. The third kappa shape index (κ3) is 17.7. The lowest BCUT2D eigenvalue weighted by atomic mass is 10.1. The van der Waals surface area contributed by atoms with E-state index < -0.39 is 0 Å². The van der Waals surface area contributed by atoms with Gasteiger partial charge in [0.15, 0.2) is 0 Å². The van der Waals surface area contributed by atoms with Crippen LogP contribution in [0, 0.1) is 0 Å². The first-order chi connectivity index (χ1) is 10.8. The average Bonchev–Trinajstić information content (AvgIpc) is 2.54. The van der Waals surface area contributed by atoms with Crippen molar-refractivity contribution in [2.24, 2.45) is 5.73 Å². The van der Waals surface area contributed by atoms with Crippen LogP contribution in [0.4, 0.5) is 0 Å². The highest BCUT2D eigenvalue weighted by molar-refractivity contribution is 4.81. The van der Waals surface area contributed by atoms with E-state index in [4.69, 9.17) is 10.8 Å². The van der Waals surface area contributed by atoms with Crippen LogP contribution in [0.5, 0.6) is 0 Å². The molecule has 0 radical (unpaired) electrons. The number of nitrogens with two attached hydrogens (primary N) is 1. The number of hydrogen-bond acceptors (Lipinski definition) is 2. The average molecular weight is 312 g/mol. The summed E-state index contributed by atoms with van der Waals surface area (Å²) in [6.45, 7) is 2.40. The van der Waals surface area contributed by atoms with E-state index in [2.05, 4.69) is 19.1 Å². The Morgan fingerprint density at radius 3 is 1.68 bits per heavy atom. The topological polar surface area (TPSA) is 46.2 Å². The van der Waals surface area contributed by atoms with Gasteiger partial charge in [-0.15, -0.1) is 0 Å². The fourth-order valence-corrected chi connectivity index (χ4v) is 2.75. The molecule has 0 aliphatic heterocycles. The van der Waals surface area contributed by atoms with Gasteiger partial charge in [0.05, 0.1) is 6.61 Å². The molecule has 1 atom stereocenters. The van der Waals surface area contributed by atoms with Crippen LogP contribution in [0.3, 0.4) is 0 Å². The summed E-state index contributed by atoms with van der Waals surface area (Å²) in [4.78, 5) is 0. The van der Waals surface area contributed by atoms with Gasteiger partial charge in [0, 0.05) is 6.04 Å². The Bertz CT molecular complexity index is 228. The van der Waals surface area contributed by atoms with Crippen LogP contribution in [0.1, 0.15) is 103 Å². The third-order valence-electron chi connectivity index (χ3n) is 4.32. The SMILES string of the molecule is CCCCCCCC/C=C\CCCCCCCCC(N)CO. The molecule has 0 aromatic rings. The van der Waals surface area contributed by atoms with Gasteiger partial charge in [0.2, 0.25) is 0 Å². The van der Waals surface area contributed by atoms with E-state index in [1.807, 2.05) is 0 Å². The Morgan fingerprint density at radius 1 is 0.727 bits per heavy atom. The van der Waals surface area contributed by atoms with Gasteiger partial charge < -0.3 is 10.8 Å². The van der Waals surface area contributed by atoms with Crippen molar-refractivity contribution in [2.45, 2.75) is 109 Å². The minimum atomic E-state index is -0.00298. The summed E-state index contributed by atoms with van der Waals surface area (Å²) in [5.74, 6) is 0. The van der Waals surface area contributed by atoms with Crippen LogP contribution in [0.2, 0.25) is 0 Å². The molecule has 0 saturated carbocycles. The number of aliphatic hydroxyl groups excluding tert-OH is 1. The van der Waals surface area contributed by atoms with Gasteiger partial charge in [0.1, 0.15) is 0 Å². The van der Waals surface area contributed by atoms with Gasteiger partial charge in [-0.2, -0.15) is 0 Å². The first kappa shape index (κ1) is 21.7. The molecule has 0 rings (SSSR count). The first-order valence-electron chi connectivity index (χ1n) is 9.82. The summed E-state index contributed by atoms with van der Waals surface area (Å²) >= 11 is 0. The van der Waals surface area contributed by atoms with E-state index in [0.717, 1.165) is 6.42 Å². The summed E-state index contributed by atoms with van der Waals surface area (Å²) in [6, 6.07) is -0.00298. The van der Waals surface area contributed by atoms with Crippen molar-refractivity contribution in [2.75, 3.05) is 6.61 Å². The second-order valence-corrected chi connectivity index (χ2v) is 6.67. The van der Waals surface area contributed by atoms with Gasteiger partial charge in [0.25, 0.3) is 0 Å². The van der Waals surface area contributed by atoms with Crippen LogP contribution in [0.25, 0.3) is 0 Å². The lowest BCUT2D eigenvalue weighted by molar-refractivity contribution is 0.257. The van der Waals surface area contributed by atoms with E-state index in [9.17, 15) is 0 Å². The molecule has 1 unspecified atom stereocenters. The quantitative estimate of drug-likeness (QED) is 0.266. The molecule has 0 amide bonds. The molecular formula is C20H41NO. The molecule has 0 bridgehead atoms. The number of allylic oxidation sites excluding steroid dienone is 2. The van der Waals surface area contributed by atoms with Crippen LogP contribution in [-0.2, 0) is 0 Å². The predicted molar refractivity (Wildman–Crippen MR) is 99.1 cm³/mol. The van der Waals surface area contributed by atoms with Gasteiger partial charge in [-0.3, -0.25) is 0 Å². The van der Waals surface area contributed by atoms with E-state index in [1.54, 1.807) is 0 Å². The van der Waals surface area contributed by atoms with Crippen molar-refractivity contribution < 1.29 is 5.11 Å². The van der Waals surface area contributed by atoms with Crippen LogP contribution in [-0.4, -0.2) is 17.8 Å². The van der Waals surface area contributed by atoms with Gasteiger partial charge in [-0.1, -0.05) is 83.3 Å². The highest BCUT2D eigenvalue weighted by Gasteiger charge is 1.99. The maximum Gasteiger partial charge on any atom is 0.0582 e. The molecule has 0 heterocycles. The Labute approximate surface area is 139 Å². The largest absolute Gasteiger partial charge is 0.395 e. The molecule has 0 spiro atoms. The van der Waals surface area contributed by atoms with Crippen LogP contribution < -0.4 is 5.73 Å². The van der Waals surface area contributed by atoms with Crippen LogP contribution in [0.15, 0.2) is 12.2 Å². The highest BCUT2D eigenvalue weighted by Crippen LogP contribution is 2.10. The highest BCUT2D eigenvalue weighted by atomic mass is 16.3. The lowest BCUT2D eigenvalue weighted by Gasteiger charge is -2.06. The molecule has 0 fully saturated rings. The van der Waals surface area contributed by atoms with Gasteiger partial charge in [-0.25, -0.2) is 0 Å². The zero-order chi connectivity index (χ0) is 16.3. The minimum absolute atomic E-state index is 0.00298. The Morgan fingerprint density at radius 2 is 1.18 bits per heavy atom. The maximum atomic E-state index is 8.83. The number of rotatable bonds is 17. The third-order valence-corrected chi connectivity index (χ3v) is 4.32. The molecule has 22 heavy (non-hydrogen) atoms. The number of unbranched alkanes of at least 4 members (excludes halogenated alkanes) is 12. The van der Waals surface area contributed by atoms with E-state index >= 15 is 0 Å². The van der Waals surface area contributed by atoms with Gasteiger partial charge >= 0.3 is 0 Å². The predicted octanol–water partition coefficient (Wildman–Crippen LogP) is 5.73. The monoisotopic (exact) mass is 311 g/mol. The molecule has 0 saturated heterocycles. The summed E-state index contributed by atoms with van der Waals surface area (Å²) in [7, 11) is 0. The molecule has 2 nitrogen and oxygen atoms in total. The van der Waals surface area contributed by atoms with Crippen molar-refractivity contribution in [3.63, 3.8) is 0 Å². The maximum absolute atomic E-state index is 8.83. The molecule has 132 valence electrons. The molecular weight excluding hydrogens is 270 g/mol. The van der Waals surface area contributed by atoms with E-state index in [0.29, 0.717) is 0 Å². The molecule has 3 N–H and O–H groups in total.